The standard InChI is InChI=1S/C12H25NO.C2H6O.C2H6/c1-3-5-6-7-8-9-10-12(14)13-11-4-2;1-3-2;1-2/h3-11H2,1-2H3,(H,13,14);1-2H3;1-2H3. The molecule has 0 aromatic rings. The molecule has 19 heavy (non-hydrogen) atoms. The van der Waals surface area contributed by atoms with Gasteiger partial charge in [-0.2, -0.15) is 0 Å². The summed E-state index contributed by atoms with van der Waals surface area (Å²) >= 11 is 0. The van der Waals surface area contributed by atoms with Crippen molar-refractivity contribution in [1.82, 2.24) is 5.32 Å². The highest BCUT2D eigenvalue weighted by Crippen LogP contribution is 2.06. The van der Waals surface area contributed by atoms with Crippen LogP contribution in [-0.2, 0) is 9.53 Å². The molecule has 0 rings (SSSR count). The van der Waals surface area contributed by atoms with Gasteiger partial charge in [0.2, 0.25) is 5.91 Å². The molecule has 0 fully saturated rings. The quantitative estimate of drug-likeness (QED) is 0.627. The molecule has 0 aliphatic rings. The maximum Gasteiger partial charge on any atom is 0.219 e. The highest BCUT2D eigenvalue weighted by molar-refractivity contribution is 5.75. The first-order chi connectivity index (χ1) is 9.22. The first kappa shape index (κ1) is 23.5. The van der Waals surface area contributed by atoms with E-state index in [2.05, 4.69) is 23.9 Å². The van der Waals surface area contributed by atoms with Gasteiger partial charge in [0, 0.05) is 27.2 Å². The Kier molecular flexibility index (Phi) is 32.3. The summed E-state index contributed by atoms with van der Waals surface area (Å²) in [4.78, 5) is 11.2. The summed E-state index contributed by atoms with van der Waals surface area (Å²) in [7, 11) is 3.25. The number of rotatable bonds is 9. The Morgan fingerprint density at radius 1 is 0.895 bits per heavy atom. The van der Waals surface area contributed by atoms with Crippen LogP contribution in [0, 0.1) is 0 Å². The van der Waals surface area contributed by atoms with Crippen LogP contribution in [0.5, 0.6) is 0 Å². The van der Waals surface area contributed by atoms with E-state index in [1.165, 1.54) is 32.1 Å². The van der Waals surface area contributed by atoms with Gasteiger partial charge in [0.1, 0.15) is 0 Å². The van der Waals surface area contributed by atoms with E-state index in [1.54, 1.807) is 14.2 Å². The normalized spacial score (nSPS) is 8.74. The molecule has 0 saturated heterocycles. The van der Waals surface area contributed by atoms with Crippen LogP contribution >= 0.6 is 0 Å². The lowest BCUT2D eigenvalue weighted by atomic mass is 10.1. The SMILES string of the molecule is CC.CCCCCCCCC(=O)NCCC.COC. The summed E-state index contributed by atoms with van der Waals surface area (Å²) in [5.74, 6) is 0.224. The van der Waals surface area contributed by atoms with Crippen molar-refractivity contribution < 1.29 is 9.53 Å². The first-order valence-corrected chi connectivity index (χ1v) is 7.89. The van der Waals surface area contributed by atoms with Gasteiger partial charge in [-0.1, -0.05) is 59.8 Å². The zero-order valence-corrected chi connectivity index (χ0v) is 14.2. The molecule has 118 valence electrons. The predicted octanol–water partition coefficient (Wildman–Crippen LogP) is 4.55. The molecule has 0 spiro atoms. The molecule has 0 heterocycles. The number of carbonyl (C=O) groups is 1. The molecule has 0 aliphatic carbocycles. The summed E-state index contributed by atoms with van der Waals surface area (Å²) < 4.78 is 4.25. The van der Waals surface area contributed by atoms with E-state index < -0.39 is 0 Å². The van der Waals surface area contributed by atoms with Gasteiger partial charge < -0.3 is 10.1 Å². The van der Waals surface area contributed by atoms with E-state index in [0.29, 0.717) is 6.42 Å². The second-order valence-electron chi connectivity index (χ2n) is 4.28. The third kappa shape index (κ3) is 31.8. The Morgan fingerprint density at radius 2 is 1.37 bits per heavy atom. The lowest BCUT2D eigenvalue weighted by molar-refractivity contribution is -0.121. The van der Waals surface area contributed by atoms with E-state index in [1.807, 2.05) is 13.8 Å². The van der Waals surface area contributed by atoms with Crippen molar-refractivity contribution >= 4 is 5.91 Å². The van der Waals surface area contributed by atoms with Crippen molar-refractivity contribution in [1.29, 1.82) is 0 Å². The van der Waals surface area contributed by atoms with E-state index >= 15 is 0 Å². The van der Waals surface area contributed by atoms with Gasteiger partial charge >= 0.3 is 0 Å². The minimum atomic E-state index is 0.224. The molecule has 3 heteroatoms. The van der Waals surface area contributed by atoms with Crippen LogP contribution in [0.25, 0.3) is 0 Å². The maximum absolute atomic E-state index is 11.2. The highest BCUT2D eigenvalue weighted by Gasteiger charge is 1.98. The van der Waals surface area contributed by atoms with Gasteiger partial charge in [-0.15, -0.1) is 0 Å². The van der Waals surface area contributed by atoms with Crippen LogP contribution in [0.15, 0.2) is 0 Å². The molecule has 0 bridgehead atoms. The van der Waals surface area contributed by atoms with E-state index in [4.69, 9.17) is 0 Å². The third-order valence-electron chi connectivity index (χ3n) is 2.33. The van der Waals surface area contributed by atoms with Gasteiger partial charge in [0.15, 0.2) is 0 Å². The van der Waals surface area contributed by atoms with Crippen molar-refractivity contribution in [3.05, 3.63) is 0 Å². The highest BCUT2D eigenvalue weighted by atomic mass is 16.4. The summed E-state index contributed by atoms with van der Waals surface area (Å²) in [5, 5.41) is 2.90. The number of nitrogens with one attached hydrogen (secondary N) is 1. The summed E-state index contributed by atoms with van der Waals surface area (Å²) in [5.41, 5.74) is 0. The molecule has 1 N–H and O–H groups in total. The lowest BCUT2D eigenvalue weighted by Crippen LogP contribution is -2.23. The molecule has 0 saturated carbocycles. The second kappa shape index (κ2) is 26.1. The third-order valence-corrected chi connectivity index (χ3v) is 2.33. The summed E-state index contributed by atoms with van der Waals surface area (Å²) in [6, 6.07) is 0. The Labute approximate surface area is 121 Å². The fourth-order valence-electron chi connectivity index (χ4n) is 1.42. The molecule has 0 aromatic carbocycles. The molecule has 0 aromatic heterocycles. The largest absolute Gasteiger partial charge is 0.388 e. The number of hydrogen-bond donors (Lipinski definition) is 1. The first-order valence-electron chi connectivity index (χ1n) is 7.89. The van der Waals surface area contributed by atoms with E-state index in [9.17, 15) is 4.79 Å². The maximum atomic E-state index is 11.2. The van der Waals surface area contributed by atoms with Gasteiger partial charge in [-0.25, -0.2) is 0 Å². The number of hydrogen-bond acceptors (Lipinski definition) is 2. The second-order valence-corrected chi connectivity index (χ2v) is 4.28. The Balaban J connectivity index is -0.000000445. The minimum absolute atomic E-state index is 0.224. The molecular weight excluding hydrogens is 238 g/mol. The van der Waals surface area contributed by atoms with Crippen LogP contribution in [0.2, 0.25) is 0 Å². The summed E-state index contributed by atoms with van der Waals surface area (Å²) in [6.07, 6.45) is 9.24. The fourth-order valence-corrected chi connectivity index (χ4v) is 1.42. The Morgan fingerprint density at radius 3 is 1.84 bits per heavy atom. The van der Waals surface area contributed by atoms with E-state index in [-0.39, 0.29) is 5.91 Å². The van der Waals surface area contributed by atoms with Gasteiger partial charge in [0.05, 0.1) is 0 Å². The lowest BCUT2D eigenvalue weighted by Gasteiger charge is -2.03. The fraction of sp³-hybridized carbons (Fsp3) is 0.938. The summed E-state index contributed by atoms with van der Waals surface area (Å²) in [6.45, 7) is 9.12. The predicted molar refractivity (Wildman–Crippen MR) is 85.6 cm³/mol. The minimum Gasteiger partial charge on any atom is -0.388 e. The average Bonchev–Trinajstić information content (AvgIpc) is 2.43. The Hall–Kier alpha value is -0.570. The number of carbonyl (C=O) groups excluding carboxylic acids is 1. The molecule has 0 atom stereocenters. The van der Waals surface area contributed by atoms with Crippen molar-refractivity contribution in [2.45, 2.75) is 79.1 Å². The Bertz CT molecular complexity index is 150. The van der Waals surface area contributed by atoms with Crippen molar-refractivity contribution in [2.75, 3.05) is 20.8 Å². The van der Waals surface area contributed by atoms with Crippen LogP contribution < -0.4 is 5.32 Å². The van der Waals surface area contributed by atoms with Crippen molar-refractivity contribution in [3.63, 3.8) is 0 Å². The number of ether oxygens (including phenoxy) is 1. The number of methoxy groups -OCH3 is 1. The van der Waals surface area contributed by atoms with Crippen LogP contribution in [0.1, 0.15) is 79.1 Å². The zero-order valence-electron chi connectivity index (χ0n) is 14.2. The van der Waals surface area contributed by atoms with Crippen LogP contribution in [0.4, 0.5) is 0 Å². The van der Waals surface area contributed by atoms with Gasteiger partial charge in [-0.3, -0.25) is 4.79 Å². The topological polar surface area (TPSA) is 38.3 Å². The number of amides is 1. The van der Waals surface area contributed by atoms with Crippen LogP contribution in [-0.4, -0.2) is 26.7 Å². The smallest absolute Gasteiger partial charge is 0.219 e. The van der Waals surface area contributed by atoms with Gasteiger partial charge in [0.25, 0.3) is 0 Å². The van der Waals surface area contributed by atoms with Crippen LogP contribution in [0.3, 0.4) is 0 Å². The molecule has 1 amide bonds. The number of unbranched alkanes of at least 4 members (excludes halogenated alkanes) is 5. The zero-order chi connectivity index (χ0) is 15.4. The molecule has 0 unspecified atom stereocenters. The molecular formula is C16H37NO2. The monoisotopic (exact) mass is 275 g/mol. The van der Waals surface area contributed by atoms with E-state index in [0.717, 1.165) is 19.4 Å². The molecule has 3 nitrogen and oxygen atoms in total. The molecule has 0 radical (unpaired) electrons. The van der Waals surface area contributed by atoms with Crippen molar-refractivity contribution in [3.8, 4) is 0 Å². The average molecular weight is 275 g/mol. The molecule has 0 aliphatic heterocycles. The van der Waals surface area contributed by atoms with Crippen molar-refractivity contribution in [2.24, 2.45) is 0 Å². The van der Waals surface area contributed by atoms with Gasteiger partial charge in [-0.05, 0) is 12.8 Å².